The first-order valence-corrected chi connectivity index (χ1v) is 4.21. The lowest BCUT2D eigenvalue weighted by atomic mass is 10.2. The molecule has 0 aliphatic carbocycles. The molecule has 0 spiro atoms. The van der Waals surface area contributed by atoms with Gasteiger partial charge < -0.3 is 20.7 Å². The fourth-order valence-electron chi connectivity index (χ4n) is 1.38. The maximum atomic E-state index is 10.7. The number of aliphatic hydroxyl groups excluding tert-OH is 1. The number of hydrogen-bond donors (Lipinski definition) is 3. The van der Waals surface area contributed by atoms with Crippen LogP contribution in [0.25, 0.3) is 0 Å². The number of amides is 1. The van der Waals surface area contributed by atoms with Gasteiger partial charge in [0, 0.05) is 6.54 Å². The second kappa shape index (κ2) is 3.35. The summed E-state index contributed by atoms with van der Waals surface area (Å²) in [6, 6.07) is -0.189. The van der Waals surface area contributed by atoms with Crippen LogP contribution >= 0.6 is 0 Å². The average Bonchev–Trinajstić information content (AvgIpc) is 2.70. The van der Waals surface area contributed by atoms with Gasteiger partial charge in [-0.05, 0) is 6.42 Å². The van der Waals surface area contributed by atoms with Crippen molar-refractivity contribution >= 4 is 5.91 Å². The highest BCUT2D eigenvalue weighted by Gasteiger charge is 2.28. The van der Waals surface area contributed by atoms with E-state index in [-0.39, 0.29) is 17.8 Å². The molecule has 2 atom stereocenters. The number of hydrogen-bond acceptors (Lipinski definition) is 6. The van der Waals surface area contributed by atoms with Crippen molar-refractivity contribution in [3.05, 3.63) is 11.7 Å². The Balaban J connectivity index is 2.13. The topological polar surface area (TPSA) is 114 Å². The fourth-order valence-corrected chi connectivity index (χ4v) is 1.38. The van der Waals surface area contributed by atoms with E-state index in [1.54, 1.807) is 0 Å². The normalized spacial score (nSPS) is 26.6. The zero-order valence-electron chi connectivity index (χ0n) is 7.30. The Kier molecular flexibility index (Phi) is 2.18. The molecule has 7 heteroatoms. The largest absolute Gasteiger partial charge is 0.392 e. The van der Waals surface area contributed by atoms with Crippen LogP contribution in [0, 0.1) is 0 Å². The van der Waals surface area contributed by atoms with E-state index in [2.05, 4.69) is 15.5 Å². The van der Waals surface area contributed by atoms with Crippen molar-refractivity contribution in [2.75, 3.05) is 6.54 Å². The Morgan fingerprint density at radius 3 is 3.00 bits per heavy atom. The summed E-state index contributed by atoms with van der Waals surface area (Å²) >= 11 is 0. The fraction of sp³-hybridized carbons (Fsp3) is 0.571. The zero-order chi connectivity index (χ0) is 10.1. The van der Waals surface area contributed by atoms with Gasteiger partial charge in [0.1, 0.15) is 0 Å². The van der Waals surface area contributed by atoms with Crippen LogP contribution in [0.2, 0.25) is 0 Å². The van der Waals surface area contributed by atoms with Gasteiger partial charge in [-0.3, -0.25) is 4.79 Å². The van der Waals surface area contributed by atoms with E-state index in [0.717, 1.165) is 0 Å². The van der Waals surface area contributed by atoms with E-state index in [1.807, 2.05) is 0 Å². The van der Waals surface area contributed by atoms with E-state index in [1.165, 1.54) is 0 Å². The molecule has 1 aromatic rings. The third kappa shape index (κ3) is 1.59. The van der Waals surface area contributed by atoms with Crippen LogP contribution in [0.5, 0.6) is 0 Å². The minimum atomic E-state index is -0.724. The molecule has 4 N–H and O–H groups in total. The van der Waals surface area contributed by atoms with Crippen LogP contribution < -0.4 is 11.1 Å². The molecule has 1 saturated heterocycles. The monoisotopic (exact) mass is 198 g/mol. The number of nitrogens with one attached hydrogen (secondary N) is 1. The van der Waals surface area contributed by atoms with Crippen molar-refractivity contribution in [1.29, 1.82) is 0 Å². The molecular formula is C7H10N4O3. The number of aliphatic hydroxyl groups is 1. The van der Waals surface area contributed by atoms with E-state index in [9.17, 15) is 9.90 Å². The summed E-state index contributed by atoms with van der Waals surface area (Å²) in [5.41, 5.74) is 4.96. The van der Waals surface area contributed by atoms with Gasteiger partial charge >= 0.3 is 0 Å². The summed E-state index contributed by atoms with van der Waals surface area (Å²) in [6.45, 7) is 0.485. The number of aromatic nitrogens is 2. The van der Waals surface area contributed by atoms with Crippen LogP contribution in [0.15, 0.2) is 4.52 Å². The van der Waals surface area contributed by atoms with E-state index in [0.29, 0.717) is 13.0 Å². The van der Waals surface area contributed by atoms with Gasteiger partial charge in [-0.2, -0.15) is 4.98 Å². The maximum absolute atomic E-state index is 10.7. The van der Waals surface area contributed by atoms with E-state index in [4.69, 9.17) is 10.3 Å². The summed E-state index contributed by atoms with van der Waals surface area (Å²) in [7, 11) is 0. The molecule has 76 valence electrons. The molecule has 1 aliphatic heterocycles. The van der Waals surface area contributed by atoms with Crippen molar-refractivity contribution in [1.82, 2.24) is 15.5 Å². The summed E-state index contributed by atoms with van der Waals surface area (Å²) < 4.78 is 4.82. The van der Waals surface area contributed by atoms with Gasteiger partial charge in [0.05, 0.1) is 12.1 Å². The highest BCUT2D eigenvalue weighted by atomic mass is 16.5. The van der Waals surface area contributed by atoms with Gasteiger partial charge in [0.2, 0.25) is 5.89 Å². The molecule has 1 aliphatic rings. The zero-order valence-corrected chi connectivity index (χ0v) is 7.30. The molecular weight excluding hydrogens is 188 g/mol. The van der Waals surface area contributed by atoms with Crippen LogP contribution in [-0.2, 0) is 0 Å². The highest BCUT2D eigenvalue weighted by Crippen LogP contribution is 2.21. The van der Waals surface area contributed by atoms with Crippen LogP contribution in [0.3, 0.4) is 0 Å². The molecule has 7 nitrogen and oxygen atoms in total. The lowest BCUT2D eigenvalue weighted by Gasteiger charge is -2.01. The first-order chi connectivity index (χ1) is 6.66. The van der Waals surface area contributed by atoms with E-state index >= 15 is 0 Å². The molecule has 2 heterocycles. The SMILES string of the molecule is NC(=O)c1noc([C@H]2C[C@@H](O)CN2)n1. The van der Waals surface area contributed by atoms with Crippen LogP contribution in [0.4, 0.5) is 0 Å². The van der Waals surface area contributed by atoms with Gasteiger partial charge in [0.15, 0.2) is 0 Å². The molecule has 0 saturated carbocycles. The van der Waals surface area contributed by atoms with Crippen molar-refractivity contribution in [3.63, 3.8) is 0 Å². The lowest BCUT2D eigenvalue weighted by molar-refractivity contribution is 0.0987. The van der Waals surface area contributed by atoms with Crippen molar-refractivity contribution < 1.29 is 14.4 Å². The summed E-state index contributed by atoms with van der Waals surface area (Å²) in [4.78, 5) is 14.5. The van der Waals surface area contributed by atoms with Gasteiger partial charge in [-0.25, -0.2) is 0 Å². The molecule has 0 radical (unpaired) electrons. The molecule has 0 bridgehead atoms. The molecule has 1 aromatic heterocycles. The minimum Gasteiger partial charge on any atom is -0.392 e. The minimum absolute atomic E-state index is 0.136. The Morgan fingerprint density at radius 2 is 2.50 bits per heavy atom. The Labute approximate surface area is 79.3 Å². The van der Waals surface area contributed by atoms with Gasteiger partial charge in [-0.15, -0.1) is 0 Å². The third-order valence-electron chi connectivity index (χ3n) is 2.07. The average molecular weight is 198 g/mol. The number of carbonyl (C=O) groups is 1. The molecule has 2 rings (SSSR count). The van der Waals surface area contributed by atoms with Crippen molar-refractivity contribution in [2.45, 2.75) is 18.6 Å². The van der Waals surface area contributed by atoms with E-state index < -0.39 is 12.0 Å². The Bertz CT molecular complexity index is 350. The Morgan fingerprint density at radius 1 is 1.71 bits per heavy atom. The predicted molar refractivity (Wildman–Crippen MR) is 44.2 cm³/mol. The third-order valence-corrected chi connectivity index (χ3v) is 2.07. The van der Waals surface area contributed by atoms with Gasteiger partial charge in [0.25, 0.3) is 11.7 Å². The summed E-state index contributed by atoms with van der Waals surface area (Å²) in [6.07, 6.45) is 0.0874. The maximum Gasteiger partial charge on any atom is 0.290 e. The van der Waals surface area contributed by atoms with Crippen molar-refractivity contribution in [2.24, 2.45) is 5.73 Å². The second-order valence-corrected chi connectivity index (χ2v) is 3.17. The number of primary amides is 1. The number of nitrogens with two attached hydrogens (primary N) is 1. The summed E-state index contributed by atoms with van der Waals surface area (Å²) in [5, 5.41) is 15.6. The lowest BCUT2D eigenvalue weighted by Crippen LogP contribution is -2.16. The Hall–Kier alpha value is -1.47. The number of nitrogens with zero attached hydrogens (tertiary/aromatic N) is 2. The molecule has 1 fully saturated rings. The number of carbonyl (C=O) groups excluding carboxylic acids is 1. The van der Waals surface area contributed by atoms with Crippen LogP contribution in [0.1, 0.15) is 29.0 Å². The first-order valence-electron chi connectivity index (χ1n) is 4.21. The van der Waals surface area contributed by atoms with Gasteiger partial charge in [-0.1, -0.05) is 5.16 Å². The molecule has 14 heavy (non-hydrogen) atoms. The van der Waals surface area contributed by atoms with Crippen molar-refractivity contribution in [3.8, 4) is 0 Å². The predicted octanol–water partition coefficient (Wildman–Crippen LogP) is -1.44. The second-order valence-electron chi connectivity index (χ2n) is 3.17. The number of rotatable bonds is 2. The number of β-amino-alcohol motifs (C(OH)–C–C–N with tert-alkyl or cyclic N) is 1. The molecule has 1 amide bonds. The first kappa shape index (κ1) is 9.10. The molecule has 0 unspecified atom stereocenters. The quantitative estimate of drug-likeness (QED) is 0.536. The smallest absolute Gasteiger partial charge is 0.290 e. The van der Waals surface area contributed by atoms with Crippen LogP contribution in [-0.4, -0.2) is 33.8 Å². The molecule has 0 aromatic carbocycles. The summed E-state index contributed by atoms with van der Waals surface area (Å²) in [5.74, 6) is -0.572. The standard InChI is InChI=1S/C7H10N4O3/c8-5(13)6-10-7(14-11-6)4-1-3(12)2-9-4/h3-4,9,12H,1-2H2,(H2,8,13)/t3-,4-/m1/s1. The highest BCUT2D eigenvalue weighted by molar-refractivity contribution is 5.88.